The molecule has 2 aromatic rings. The molecule has 0 aliphatic heterocycles. The zero-order valence-electron chi connectivity index (χ0n) is 11.9. The van der Waals surface area contributed by atoms with Crippen LogP contribution < -0.4 is 14.8 Å². The van der Waals surface area contributed by atoms with Gasteiger partial charge in [-0.1, -0.05) is 6.07 Å². The molecule has 120 valence electrons. The molecule has 1 N–H and O–H groups in total. The van der Waals surface area contributed by atoms with Crippen LogP contribution in [0.1, 0.15) is 11.4 Å². The number of aromatic nitrogens is 2. The summed E-state index contributed by atoms with van der Waals surface area (Å²) in [6.07, 6.45) is -4.39. The Bertz CT molecular complexity index is 631. The maximum atomic E-state index is 12.2. The van der Waals surface area contributed by atoms with Crippen molar-refractivity contribution in [2.45, 2.75) is 19.6 Å². The average molecular weight is 333 g/mol. The van der Waals surface area contributed by atoms with Gasteiger partial charge < -0.3 is 14.8 Å². The van der Waals surface area contributed by atoms with Crippen LogP contribution in [0.3, 0.4) is 0 Å². The molecule has 0 bridgehead atoms. The van der Waals surface area contributed by atoms with E-state index in [0.717, 1.165) is 5.56 Å². The molecule has 0 spiro atoms. The minimum atomic E-state index is -4.39. The van der Waals surface area contributed by atoms with Crippen LogP contribution in [0, 0.1) is 6.92 Å². The van der Waals surface area contributed by atoms with Crippen LogP contribution in [-0.2, 0) is 6.54 Å². The summed E-state index contributed by atoms with van der Waals surface area (Å²) in [7, 11) is 1.38. The molecule has 9 heteroatoms. The van der Waals surface area contributed by atoms with Crippen molar-refractivity contribution >= 4 is 16.7 Å². The first-order valence-electron chi connectivity index (χ1n) is 6.28. The summed E-state index contributed by atoms with van der Waals surface area (Å²) in [6.45, 7) is 0.882. The fourth-order valence-electron chi connectivity index (χ4n) is 1.65. The van der Waals surface area contributed by atoms with Gasteiger partial charge >= 0.3 is 6.18 Å². The number of halogens is 3. The van der Waals surface area contributed by atoms with Gasteiger partial charge in [0.2, 0.25) is 5.13 Å². The quantitative estimate of drug-likeness (QED) is 0.878. The van der Waals surface area contributed by atoms with Crippen molar-refractivity contribution in [2.75, 3.05) is 19.0 Å². The van der Waals surface area contributed by atoms with E-state index in [1.54, 1.807) is 19.1 Å². The molecule has 0 radical (unpaired) electrons. The number of benzene rings is 1. The largest absolute Gasteiger partial charge is 0.493 e. The predicted molar refractivity (Wildman–Crippen MR) is 76.5 cm³/mol. The van der Waals surface area contributed by atoms with Gasteiger partial charge in [-0.15, -0.1) is 0 Å². The van der Waals surface area contributed by atoms with Gasteiger partial charge in [0.15, 0.2) is 18.1 Å². The van der Waals surface area contributed by atoms with Gasteiger partial charge in [0.25, 0.3) is 0 Å². The highest BCUT2D eigenvalue weighted by Crippen LogP contribution is 2.30. The van der Waals surface area contributed by atoms with Crippen LogP contribution in [0.2, 0.25) is 0 Å². The maximum Gasteiger partial charge on any atom is 0.422 e. The first-order valence-corrected chi connectivity index (χ1v) is 7.05. The summed E-state index contributed by atoms with van der Waals surface area (Å²) in [5, 5.41) is 3.75. The van der Waals surface area contributed by atoms with E-state index in [2.05, 4.69) is 14.7 Å². The number of anilines is 1. The highest BCUT2D eigenvalue weighted by atomic mass is 32.1. The van der Waals surface area contributed by atoms with Crippen molar-refractivity contribution in [1.29, 1.82) is 0 Å². The minimum absolute atomic E-state index is 0.0512. The predicted octanol–water partition coefficient (Wildman–Crippen LogP) is 3.41. The molecule has 2 rings (SSSR count). The summed E-state index contributed by atoms with van der Waals surface area (Å²) in [5.74, 6) is 0.980. The number of hydrogen-bond donors (Lipinski definition) is 1. The number of nitrogens with zero attached hydrogens (tertiary/aromatic N) is 2. The Labute approximate surface area is 129 Å². The van der Waals surface area contributed by atoms with Crippen LogP contribution in [0.5, 0.6) is 11.5 Å². The highest BCUT2D eigenvalue weighted by molar-refractivity contribution is 7.09. The normalized spacial score (nSPS) is 11.3. The lowest BCUT2D eigenvalue weighted by Gasteiger charge is -2.13. The molecule has 0 saturated carbocycles. The first-order chi connectivity index (χ1) is 10.4. The van der Waals surface area contributed by atoms with Gasteiger partial charge in [-0.3, -0.25) is 0 Å². The summed E-state index contributed by atoms with van der Waals surface area (Å²) in [5.41, 5.74) is 0.823. The number of ether oxygens (including phenoxy) is 2. The Morgan fingerprint density at radius 1 is 1.27 bits per heavy atom. The number of alkyl halides is 3. The van der Waals surface area contributed by atoms with E-state index in [0.29, 0.717) is 17.5 Å². The van der Waals surface area contributed by atoms with E-state index >= 15 is 0 Å². The lowest BCUT2D eigenvalue weighted by atomic mass is 10.2. The summed E-state index contributed by atoms with van der Waals surface area (Å²) in [6, 6.07) is 4.73. The van der Waals surface area contributed by atoms with Gasteiger partial charge in [0.05, 0.1) is 7.11 Å². The Hall–Kier alpha value is -2.03. The summed E-state index contributed by atoms with van der Waals surface area (Å²) >= 11 is 1.24. The zero-order chi connectivity index (χ0) is 16.2. The average Bonchev–Trinajstić information content (AvgIpc) is 2.88. The second kappa shape index (κ2) is 6.82. The van der Waals surface area contributed by atoms with Crippen LogP contribution in [-0.4, -0.2) is 29.3 Å². The standard InChI is InChI=1S/C13H14F3N3O2S/c1-8-18-12(22-19-8)17-6-9-3-4-10(11(5-9)20-2)21-7-13(14,15)16/h3-5H,6-7H2,1-2H3,(H,17,18,19). The molecule has 0 atom stereocenters. The molecule has 1 aromatic carbocycles. The van der Waals surface area contributed by atoms with Gasteiger partial charge in [-0.25, -0.2) is 4.98 Å². The molecule has 0 aliphatic carbocycles. The van der Waals surface area contributed by atoms with Gasteiger partial charge in [-0.2, -0.15) is 17.5 Å². The van der Waals surface area contributed by atoms with Crippen molar-refractivity contribution in [1.82, 2.24) is 9.36 Å². The zero-order valence-corrected chi connectivity index (χ0v) is 12.7. The Morgan fingerprint density at radius 2 is 2.05 bits per heavy atom. The Kier molecular flexibility index (Phi) is 5.07. The molecule has 22 heavy (non-hydrogen) atoms. The monoisotopic (exact) mass is 333 g/mol. The second-order valence-electron chi connectivity index (χ2n) is 4.39. The fourth-order valence-corrected chi connectivity index (χ4v) is 2.22. The van der Waals surface area contributed by atoms with Crippen LogP contribution in [0.25, 0.3) is 0 Å². The van der Waals surface area contributed by atoms with E-state index in [1.807, 2.05) is 0 Å². The molecule has 0 unspecified atom stereocenters. The van der Waals surface area contributed by atoms with Crippen molar-refractivity contribution in [2.24, 2.45) is 0 Å². The molecular formula is C13H14F3N3O2S. The molecule has 1 aromatic heterocycles. The minimum Gasteiger partial charge on any atom is -0.493 e. The molecule has 0 amide bonds. The van der Waals surface area contributed by atoms with E-state index in [-0.39, 0.29) is 11.5 Å². The summed E-state index contributed by atoms with van der Waals surface area (Å²) in [4.78, 5) is 4.16. The molecule has 5 nitrogen and oxygen atoms in total. The highest BCUT2D eigenvalue weighted by Gasteiger charge is 2.29. The van der Waals surface area contributed by atoms with Gasteiger partial charge in [0, 0.05) is 18.1 Å². The lowest BCUT2D eigenvalue weighted by Crippen LogP contribution is -2.19. The number of aryl methyl sites for hydroxylation is 1. The third-order valence-corrected chi connectivity index (χ3v) is 3.35. The number of hydrogen-bond acceptors (Lipinski definition) is 6. The fraction of sp³-hybridized carbons (Fsp3) is 0.385. The molecule has 0 aliphatic rings. The Balaban J connectivity index is 2.01. The third kappa shape index (κ3) is 4.76. The topological polar surface area (TPSA) is 56.3 Å². The SMILES string of the molecule is COc1cc(CNc2nc(C)ns2)ccc1OCC(F)(F)F. The van der Waals surface area contributed by atoms with E-state index in [9.17, 15) is 13.2 Å². The van der Waals surface area contributed by atoms with E-state index in [1.165, 1.54) is 24.7 Å². The molecule has 0 fully saturated rings. The lowest BCUT2D eigenvalue weighted by molar-refractivity contribution is -0.153. The van der Waals surface area contributed by atoms with Gasteiger partial charge in [-0.05, 0) is 24.6 Å². The maximum absolute atomic E-state index is 12.2. The van der Waals surface area contributed by atoms with Crippen LogP contribution in [0.15, 0.2) is 18.2 Å². The van der Waals surface area contributed by atoms with Crippen LogP contribution in [0.4, 0.5) is 18.3 Å². The number of nitrogens with one attached hydrogen (secondary N) is 1. The first kappa shape index (κ1) is 16.3. The molecule has 1 heterocycles. The Morgan fingerprint density at radius 3 is 2.64 bits per heavy atom. The van der Waals surface area contributed by atoms with Crippen molar-refractivity contribution in [3.8, 4) is 11.5 Å². The van der Waals surface area contributed by atoms with E-state index in [4.69, 9.17) is 9.47 Å². The number of methoxy groups -OCH3 is 1. The van der Waals surface area contributed by atoms with Crippen LogP contribution >= 0.6 is 11.5 Å². The number of rotatable bonds is 6. The van der Waals surface area contributed by atoms with Crippen molar-refractivity contribution in [3.63, 3.8) is 0 Å². The molecular weight excluding hydrogens is 319 g/mol. The second-order valence-corrected chi connectivity index (χ2v) is 5.14. The smallest absolute Gasteiger partial charge is 0.422 e. The van der Waals surface area contributed by atoms with Gasteiger partial charge in [0.1, 0.15) is 5.82 Å². The van der Waals surface area contributed by atoms with Crippen molar-refractivity contribution < 1.29 is 22.6 Å². The summed E-state index contributed by atoms with van der Waals surface area (Å²) < 4.78 is 50.4. The molecule has 0 saturated heterocycles. The third-order valence-electron chi connectivity index (χ3n) is 2.59. The van der Waals surface area contributed by atoms with E-state index < -0.39 is 12.8 Å². The van der Waals surface area contributed by atoms with Crippen molar-refractivity contribution in [3.05, 3.63) is 29.6 Å².